The molecule has 3 heterocycles. The Bertz CT molecular complexity index is 980. The Morgan fingerprint density at radius 1 is 1.14 bits per heavy atom. The van der Waals surface area contributed by atoms with E-state index in [4.69, 9.17) is 9.40 Å². The third kappa shape index (κ3) is 3.69. The Labute approximate surface area is 170 Å². The second-order valence-electron chi connectivity index (χ2n) is 8.33. The van der Waals surface area contributed by atoms with Gasteiger partial charge in [0.25, 0.3) is 5.91 Å². The minimum Gasteiger partial charge on any atom is -0.472 e. The van der Waals surface area contributed by atoms with Crippen LogP contribution in [0.25, 0.3) is 22.4 Å². The van der Waals surface area contributed by atoms with Crippen LogP contribution in [0.1, 0.15) is 61.3 Å². The first-order valence-electron chi connectivity index (χ1n) is 10.9. The zero-order chi connectivity index (χ0) is 19.6. The number of hydrogen-bond acceptors (Lipinski definition) is 4. The highest BCUT2D eigenvalue weighted by Crippen LogP contribution is 2.36. The van der Waals surface area contributed by atoms with Gasteiger partial charge in [-0.3, -0.25) is 4.79 Å². The van der Waals surface area contributed by atoms with Crippen LogP contribution in [0.15, 0.2) is 41.2 Å². The molecule has 1 aromatic carbocycles. The number of amides is 1. The SMILES string of the molecule is O=C(NC1CCCNC1)c1ccc2c(c1)nc(-c1ccoc1)n2C1CCCCC1. The summed E-state index contributed by atoms with van der Waals surface area (Å²) >= 11 is 0. The Morgan fingerprint density at radius 3 is 2.79 bits per heavy atom. The van der Waals surface area contributed by atoms with Gasteiger partial charge < -0.3 is 19.6 Å². The van der Waals surface area contributed by atoms with Crippen molar-refractivity contribution in [2.24, 2.45) is 0 Å². The van der Waals surface area contributed by atoms with Crippen LogP contribution < -0.4 is 10.6 Å². The van der Waals surface area contributed by atoms with Crippen LogP contribution >= 0.6 is 0 Å². The van der Waals surface area contributed by atoms with Crippen molar-refractivity contribution < 1.29 is 9.21 Å². The van der Waals surface area contributed by atoms with Crippen LogP contribution in [0, 0.1) is 0 Å². The van der Waals surface area contributed by atoms with Crippen LogP contribution in [-0.2, 0) is 0 Å². The average Bonchev–Trinajstić information content (AvgIpc) is 3.42. The molecule has 1 unspecified atom stereocenters. The fourth-order valence-corrected chi connectivity index (χ4v) is 4.79. The maximum absolute atomic E-state index is 12.8. The third-order valence-electron chi connectivity index (χ3n) is 6.30. The second-order valence-corrected chi connectivity index (χ2v) is 8.33. The first-order chi connectivity index (χ1) is 14.3. The van der Waals surface area contributed by atoms with Gasteiger partial charge in [-0.2, -0.15) is 0 Å². The summed E-state index contributed by atoms with van der Waals surface area (Å²) in [6.07, 6.45) is 11.7. The summed E-state index contributed by atoms with van der Waals surface area (Å²) in [5.74, 6) is 0.923. The predicted molar refractivity (Wildman–Crippen MR) is 113 cm³/mol. The maximum Gasteiger partial charge on any atom is 0.251 e. The fourth-order valence-electron chi connectivity index (χ4n) is 4.79. The average molecular weight is 393 g/mol. The molecule has 1 saturated carbocycles. The zero-order valence-electron chi connectivity index (χ0n) is 16.7. The predicted octanol–water partition coefficient (Wildman–Crippen LogP) is 4.28. The maximum atomic E-state index is 12.8. The van der Waals surface area contributed by atoms with Crippen LogP contribution in [0.2, 0.25) is 0 Å². The Kier molecular flexibility index (Phi) is 5.10. The van der Waals surface area contributed by atoms with Gasteiger partial charge in [0.1, 0.15) is 12.1 Å². The van der Waals surface area contributed by atoms with Gasteiger partial charge in [-0.05, 0) is 56.5 Å². The van der Waals surface area contributed by atoms with Crippen molar-refractivity contribution in [1.29, 1.82) is 0 Å². The molecule has 2 aromatic heterocycles. The normalized spacial score (nSPS) is 20.8. The van der Waals surface area contributed by atoms with Crippen molar-refractivity contribution in [2.75, 3.05) is 13.1 Å². The molecule has 6 nitrogen and oxygen atoms in total. The standard InChI is InChI=1S/C23H28N4O2/c28-23(25-18-5-4-11-24-14-18)16-8-9-21-20(13-16)26-22(17-10-12-29-15-17)27(21)19-6-2-1-3-7-19/h8-10,12-13,15,18-19,24H,1-7,11,14H2,(H,25,28). The Balaban J connectivity index is 1.50. The Morgan fingerprint density at radius 2 is 2.03 bits per heavy atom. The number of fused-ring (bicyclic) bond motifs is 1. The second kappa shape index (κ2) is 8.03. The number of aromatic nitrogens is 2. The van der Waals surface area contributed by atoms with Gasteiger partial charge in [0.2, 0.25) is 0 Å². The number of furan rings is 1. The molecule has 0 spiro atoms. The van der Waals surface area contributed by atoms with Gasteiger partial charge in [-0.15, -0.1) is 0 Å². The van der Waals surface area contributed by atoms with Crippen LogP contribution in [0.4, 0.5) is 0 Å². The van der Waals surface area contributed by atoms with Crippen molar-refractivity contribution >= 4 is 16.9 Å². The molecule has 2 fully saturated rings. The lowest BCUT2D eigenvalue weighted by molar-refractivity contribution is 0.0931. The van der Waals surface area contributed by atoms with E-state index in [1.165, 1.54) is 32.1 Å². The molecular formula is C23H28N4O2. The topological polar surface area (TPSA) is 72.1 Å². The lowest BCUT2D eigenvalue weighted by atomic mass is 9.95. The van der Waals surface area contributed by atoms with Gasteiger partial charge in [-0.25, -0.2) is 4.98 Å². The van der Waals surface area contributed by atoms with Crippen LogP contribution in [0.5, 0.6) is 0 Å². The van der Waals surface area contributed by atoms with Crippen molar-refractivity contribution in [1.82, 2.24) is 20.2 Å². The molecule has 152 valence electrons. The zero-order valence-corrected chi connectivity index (χ0v) is 16.7. The smallest absolute Gasteiger partial charge is 0.251 e. The number of carbonyl (C=O) groups excluding carboxylic acids is 1. The van der Waals surface area contributed by atoms with E-state index in [0.717, 1.165) is 48.4 Å². The van der Waals surface area contributed by atoms with Gasteiger partial charge in [0.05, 0.1) is 22.9 Å². The molecular weight excluding hydrogens is 364 g/mol. The number of nitrogens with zero attached hydrogens (tertiary/aromatic N) is 2. The highest BCUT2D eigenvalue weighted by atomic mass is 16.3. The summed E-state index contributed by atoms with van der Waals surface area (Å²) in [7, 11) is 0. The molecule has 0 radical (unpaired) electrons. The summed E-state index contributed by atoms with van der Waals surface area (Å²) < 4.78 is 7.70. The number of carbonyl (C=O) groups is 1. The van der Waals surface area contributed by atoms with E-state index in [9.17, 15) is 4.79 Å². The molecule has 3 aromatic rings. The number of piperidine rings is 1. The molecule has 1 aliphatic heterocycles. The molecule has 1 aliphatic carbocycles. The monoisotopic (exact) mass is 392 g/mol. The molecule has 1 saturated heterocycles. The first kappa shape index (κ1) is 18.4. The first-order valence-corrected chi connectivity index (χ1v) is 10.9. The summed E-state index contributed by atoms with van der Waals surface area (Å²) in [6.45, 7) is 1.88. The largest absolute Gasteiger partial charge is 0.472 e. The lowest BCUT2D eigenvalue weighted by Gasteiger charge is -2.25. The molecule has 2 aliphatic rings. The fraction of sp³-hybridized carbons (Fsp3) is 0.478. The Hall–Kier alpha value is -2.60. The van der Waals surface area contributed by atoms with Crippen LogP contribution in [-0.4, -0.2) is 34.6 Å². The van der Waals surface area contributed by atoms with E-state index in [-0.39, 0.29) is 11.9 Å². The molecule has 0 bridgehead atoms. The number of imidazole rings is 1. The van der Waals surface area contributed by atoms with Crippen molar-refractivity contribution in [3.05, 3.63) is 42.4 Å². The van der Waals surface area contributed by atoms with Gasteiger partial charge >= 0.3 is 0 Å². The van der Waals surface area contributed by atoms with E-state index < -0.39 is 0 Å². The minimum atomic E-state index is -0.0160. The third-order valence-corrected chi connectivity index (χ3v) is 6.30. The minimum absolute atomic E-state index is 0.0160. The highest BCUT2D eigenvalue weighted by molar-refractivity contribution is 5.98. The highest BCUT2D eigenvalue weighted by Gasteiger charge is 2.24. The van der Waals surface area contributed by atoms with E-state index in [2.05, 4.69) is 21.3 Å². The summed E-state index contributed by atoms with van der Waals surface area (Å²) in [4.78, 5) is 17.7. The lowest BCUT2D eigenvalue weighted by Crippen LogP contribution is -2.45. The quantitative estimate of drug-likeness (QED) is 0.695. The van der Waals surface area contributed by atoms with Gasteiger partial charge in [0, 0.05) is 24.2 Å². The number of hydrogen-bond donors (Lipinski definition) is 2. The molecule has 2 N–H and O–H groups in total. The van der Waals surface area contributed by atoms with E-state index in [1.807, 2.05) is 18.2 Å². The van der Waals surface area contributed by atoms with Crippen molar-refractivity contribution in [3.63, 3.8) is 0 Å². The van der Waals surface area contributed by atoms with E-state index in [0.29, 0.717) is 11.6 Å². The summed E-state index contributed by atoms with van der Waals surface area (Å²) in [5, 5.41) is 6.51. The molecule has 5 rings (SSSR count). The molecule has 1 amide bonds. The molecule has 1 atom stereocenters. The number of nitrogens with one attached hydrogen (secondary N) is 2. The molecule has 6 heteroatoms. The van der Waals surface area contributed by atoms with Crippen molar-refractivity contribution in [2.45, 2.75) is 57.0 Å². The summed E-state index contributed by atoms with van der Waals surface area (Å²) in [6, 6.07) is 8.55. The van der Waals surface area contributed by atoms with Gasteiger partial charge in [-0.1, -0.05) is 19.3 Å². The number of benzene rings is 1. The molecule has 29 heavy (non-hydrogen) atoms. The van der Waals surface area contributed by atoms with E-state index >= 15 is 0 Å². The van der Waals surface area contributed by atoms with Crippen molar-refractivity contribution in [3.8, 4) is 11.4 Å². The van der Waals surface area contributed by atoms with Crippen LogP contribution in [0.3, 0.4) is 0 Å². The van der Waals surface area contributed by atoms with E-state index in [1.54, 1.807) is 12.5 Å². The summed E-state index contributed by atoms with van der Waals surface area (Å²) in [5.41, 5.74) is 3.64. The van der Waals surface area contributed by atoms with Gasteiger partial charge in [0.15, 0.2) is 0 Å². The number of rotatable bonds is 4.